The molecule has 0 unspecified atom stereocenters. The number of aryl methyl sites for hydroxylation is 1. The fraction of sp³-hybridized carbons (Fsp3) is 0.636. The normalized spacial score (nSPS) is 31.4. The second kappa shape index (κ2) is 4.01. The van der Waals surface area contributed by atoms with Crippen molar-refractivity contribution in [3.8, 4) is 0 Å². The Morgan fingerprint density at radius 3 is 3.00 bits per heavy atom. The van der Waals surface area contributed by atoms with Gasteiger partial charge in [-0.25, -0.2) is 0 Å². The molecule has 0 saturated heterocycles. The number of thiophene rings is 1. The van der Waals surface area contributed by atoms with Crippen molar-refractivity contribution in [3.05, 3.63) is 22.4 Å². The highest BCUT2D eigenvalue weighted by Gasteiger charge is 2.42. The van der Waals surface area contributed by atoms with Crippen LogP contribution in [0.4, 0.5) is 0 Å². The molecule has 0 amide bonds. The molecule has 1 aromatic rings. The van der Waals surface area contributed by atoms with Crippen LogP contribution in [0, 0.1) is 0 Å². The Morgan fingerprint density at radius 2 is 2.43 bits per heavy atom. The predicted octanol–water partition coefficient (Wildman–Crippen LogP) is 2.22. The average molecular weight is 212 g/mol. The molecule has 1 fully saturated rings. The third-order valence-electron chi connectivity index (χ3n) is 3.01. The molecule has 0 aromatic carbocycles. The van der Waals surface area contributed by atoms with Crippen LogP contribution in [0.3, 0.4) is 0 Å². The lowest BCUT2D eigenvalue weighted by Gasteiger charge is -2.42. The van der Waals surface area contributed by atoms with Crippen molar-refractivity contribution in [2.75, 3.05) is 7.11 Å². The van der Waals surface area contributed by atoms with E-state index in [4.69, 9.17) is 4.74 Å². The summed E-state index contributed by atoms with van der Waals surface area (Å²) in [7, 11) is 1.71. The highest BCUT2D eigenvalue weighted by molar-refractivity contribution is 7.07. The lowest BCUT2D eigenvalue weighted by atomic mass is 9.74. The van der Waals surface area contributed by atoms with E-state index in [1.165, 1.54) is 5.56 Å². The summed E-state index contributed by atoms with van der Waals surface area (Å²) in [5.41, 5.74) is 0.882. The molecule has 2 nitrogen and oxygen atoms in total. The first-order chi connectivity index (χ1) is 6.72. The minimum atomic E-state index is -0.456. The molecule has 1 aliphatic rings. The van der Waals surface area contributed by atoms with Gasteiger partial charge in [0.1, 0.15) is 0 Å². The summed E-state index contributed by atoms with van der Waals surface area (Å²) in [4.78, 5) is 0. The highest BCUT2D eigenvalue weighted by Crippen LogP contribution is 2.37. The minimum absolute atomic E-state index is 0.280. The molecular formula is C11H16O2S. The van der Waals surface area contributed by atoms with E-state index in [1.807, 2.05) is 0 Å². The van der Waals surface area contributed by atoms with Gasteiger partial charge < -0.3 is 9.84 Å². The molecule has 0 spiro atoms. The number of aliphatic hydroxyl groups is 1. The molecule has 14 heavy (non-hydrogen) atoms. The first-order valence-corrected chi connectivity index (χ1v) is 5.92. The van der Waals surface area contributed by atoms with Crippen molar-refractivity contribution in [1.82, 2.24) is 0 Å². The molecule has 2 rings (SSSR count). The summed E-state index contributed by atoms with van der Waals surface area (Å²) in [6.07, 6.45) is 3.73. The van der Waals surface area contributed by atoms with E-state index in [1.54, 1.807) is 18.4 Å². The molecule has 1 N–H and O–H groups in total. The van der Waals surface area contributed by atoms with Gasteiger partial charge >= 0.3 is 0 Å². The Hall–Kier alpha value is -0.380. The van der Waals surface area contributed by atoms with Crippen molar-refractivity contribution in [2.24, 2.45) is 0 Å². The Bertz CT molecular complexity index is 275. The predicted molar refractivity (Wildman–Crippen MR) is 57.6 cm³/mol. The van der Waals surface area contributed by atoms with Crippen molar-refractivity contribution < 1.29 is 9.84 Å². The van der Waals surface area contributed by atoms with Crippen LogP contribution in [0.15, 0.2) is 16.8 Å². The molecular weight excluding hydrogens is 196 g/mol. The van der Waals surface area contributed by atoms with Crippen LogP contribution in [-0.4, -0.2) is 23.9 Å². The summed E-state index contributed by atoms with van der Waals surface area (Å²) in [5, 5.41) is 14.3. The highest BCUT2D eigenvalue weighted by atomic mass is 32.1. The van der Waals surface area contributed by atoms with E-state index >= 15 is 0 Å². The molecule has 78 valence electrons. The fourth-order valence-electron chi connectivity index (χ4n) is 1.97. The molecule has 0 atom stereocenters. The van der Waals surface area contributed by atoms with Gasteiger partial charge in [0.05, 0.1) is 11.7 Å². The van der Waals surface area contributed by atoms with Crippen LogP contribution in [0.5, 0.6) is 0 Å². The second-order valence-electron chi connectivity index (χ2n) is 4.12. The SMILES string of the molecule is COC1CC(O)(CCc2ccsc2)C1. The van der Waals surface area contributed by atoms with Gasteiger partial charge in [-0.3, -0.25) is 0 Å². The number of ether oxygens (including phenoxy) is 1. The summed E-state index contributed by atoms with van der Waals surface area (Å²) >= 11 is 1.71. The van der Waals surface area contributed by atoms with Gasteiger partial charge in [-0.05, 0) is 35.2 Å². The number of rotatable bonds is 4. The molecule has 0 aliphatic heterocycles. The summed E-state index contributed by atoms with van der Waals surface area (Å²) < 4.78 is 5.16. The van der Waals surface area contributed by atoms with E-state index in [2.05, 4.69) is 16.8 Å². The Kier molecular flexibility index (Phi) is 2.91. The van der Waals surface area contributed by atoms with E-state index in [0.717, 1.165) is 25.7 Å². The van der Waals surface area contributed by atoms with Gasteiger partial charge in [0, 0.05) is 20.0 Å². The lowest BCUT2D eigenvalue weighted by molar-refractivity contribution is -0.130. The average Bonchev–Trinajstić information content (AvgIpc) is 2.62. The van der Waals surface area contributed by atoms with Crippen LogP contribution in [0.2, 0.25) is 0 Å². The van der Waals surface area contributed by atoms with Gasteiger partial charge in [-0.15, -0.1) is 0 Å². The Labute approximate surface area is 88.5 Å². The molecule has 1 saturated carbocycles. The van der Waals surface area contributed by atoms with E-state index in [0.29, 0.717) is 0 Å². The van der Waals surface area contributed by atoms with Gasteiger partial charge in [0.25, 0.3) is 0 Å². The van der Waals surface area contributed by atoms with E-state index < -0.39 is 5.60 Å². The zero-order chi connectivity index (χ0) is 10.0. The summed E-state index contributed by atoms with van der Waals surface area (Å²) in [6.45, 7) is 0. The quantitative estimate of drug-likeness (QED) is 0.829. The smallest absolute Gasteiger partial charge is 0.0700 e. The van der Waals surface area contributed by atoms with E-state index in [-0.39, 0.29) is 6.10 Å². The Morgan fingerprint density at radius 1 is 1.64 bits per heavy atom. The topological polar surface area (TPSA) is 29.5 Å². The molecule has 0 radical (unpaired) electrons. The standard InChI is InChI=1S/C11H16O2S/c1-13-10-6-11(12,7-10)4-2-9-3-5-14-8-9/h3,5,8,10,12H,2,4,6-7H2,1H3. The number of hydrogen-bond acceptors (Lipinski definition) is 3. The van der Waals surface area contributed by atoms with Gasteiger partial charge in [0.2, 0.25) is 0 Å². The maximum atomic E-state index is 10.0. The van der Waals surface area contributed by atoms with Gasteiger partial charge in [0.15, 0.2) is 0 Å². The first kappa shape index (κ1) is 10.1. The minimum Gasteiger partial charge on any atom is -0.390 e. The van der Waals surface area contributed by atoms with Crippen molar-refractivity contribution in [1.29, 1.82) is 0 Å². The van der Waals surface area contributed by atoms with Crippen LogP contribution >= 0.6 is 11.3 Å². The van der Waals surface area contributed by atoms with Crippen molar-refractivity contribution >= 4 is 11.3 Å². The molecule has 1 heterocycles. The molecule has 0 bridgehead atoms. The van der Waals surface area contributed by atoms with Crippen LogP contribution in [0.1, 0.15) is 24.8 Å². The summed E-state index contributed by atoms with van der Waals surface area (Å²) in [5.74, 6) is 0. The van der Waals surface area contributed by atoms with E-state index in [9.17, 15) is 5.11 Å². The summed E-state index contributed by atoms with van der Waals surface area (Å²) in [6, 6.07) is 2.13. The van der Waals surface area contributed by atoms with Crippen molar-refractivity contribution in [3.63, 3.8) is 0 Å². The monoisotopic (exact) mass is 212 g/mol. The fourth-order valence-corrected chi connectivity index (χ4v) is 2.67. The van der Waals surface area contributed by atoms with Crippen LogP contribution in [-0.2, 0) is 11.2 Å². The van der Waals surface area contributed by atoms with Crippen molar-refractivity contribution in [2.45, 2.75) is 37.4 Å². The maximum absolute atomic E-state index is 10.0. The zero-order valence-electron chi connectivity index (χ0n) is 8.40. The number of hydrogen-bond donors (Lipinski definition) is 1. The first-order valence-electron chi connectivity index (χ1n) is 4.98. The Balaban J connectivity index is 1.77. The second-order valence-corrected chi connectivity index (χ2v) is 4.90. The third-order valence-corrected chi connectivity index (χ3v) is 3.74. The number of methoxy groups -OCH3 is 1. The maximum Gasteiger partial charge on any atom is 0.0700 e. The molecule has 1 aliphatic carbocycles. The van der Waals surface area contributed by atoms with Gasteiger partial charge in [-0.2, -0.15) is 11.3 Å². The zero-order valence-corrected chi connectivity index (χ0v) is 9.22. The molecule has 3 heteroatoms. The lowest BCUT2D eigenvalue weighted by Crippen LogP contribution is -2.48. The van der Waals surface area contributed by atoms with Crippen LogP contribution < -0.4 is 0 Å². The third kappa shape index (κ3) is 2.16. The largest absolute Gasteiger partial charge is 0.390 e. The van der Waals surface area contributed by atoms with Gasteiger partial charge in [-0.1, -0.05) is 0 Å². The van der Waals surface area contributed by atoms with Crippen LogP contribution in [0.25, 0.3) is 0 Å². The molecule has 1 aromatic heterocycles.